The number of alkyl halides is 3. The Hall–Kier alpha value is -3.95. The number of halogens is 3. The molecule has 0 saturated heterocycles. The number of anilines is 2. The largest absolute Gasteiger partial charge is 0.417 e. The van der Waals surface area contributed by atoms with Gasteiger partial charge in [0.25, 0.3) is 0 Å². The first kappa shape index (κ1) is 19.0. The highest BCUT2D eigenvalue weighted by atomic mass is 19.4. The van der Waals surface area contributed by atoms with Crippen LogP contribution in [0.4, 0.5) is 24.8 Å². The normalized spacial score (nSPS) is 13.7. The molecule has 0 saturated carbocycles. The van der Waals surface area contributed by atoms with Gasteiger partial charge in [-0.15, -0.1) is 0 Å². The predicted molar refractivity (Wildman–Crippen MR) is 111 cm³/mol. The van der Waals surface area contributed by atoms with Crippen LogP contribution in [0.15, 0.2) is 53.5 Å². The van der Waals surface area contributed by atoms with Gasteiger partial charge < -0.3 is 11.1 Å². The third kappa shape index (κ3) is 3.45. The number of nitrogens with one attached hydrogen (secondary N) is 2. The molecule has 0 fully saturated rings. The second-order valence-corrected chi connectivity index (χ2v) is 7.09. The summed E-state index contributed by atoms with van der Waals surface area (Å²) in [5.41, 5.74) is 7.00. The standard InChI is InChI=1S/C21H16F3N7/c22-21(23,24)14-7-3-1-5-11(14)18-27-16-9-17(25)26-10-13(16)19(28-18)29-20-12-6-2-4-8-15(12)30-31-20/h1-8H,9-10H2,(H2,25,26)(H2,27,28,29,30,31). The second-order valence-electron chi connectivity index (χ2n) is 7.09. The predicted octanol–water partition coefficient (Wildman–Crippen LogP) is 4.20. The lowest BCUT2D eigenvalue weighted by atomic mass is 10.0. The molecule has 4 aromatic rings. The van der Waals surface area contributed by atoms with Crippen LogP contribution in [0.1, 0.15) is 16.8 Å². The van der Waals surface area contributed by atoms with Crippen LogP contribution >= 0.6 is 0 Å². The summed E-state index contributed by atoms with van der Waals surface area (Å²) in [5, 5.41) is 11.2. The summed E-state index contributed by atoms with van der Waals surface area (Å²) < 4.78 is 40.8. The van der Waals surface area contributed by atoms with Gasteiger partial charge in [0.15, 0.2) is 11.6 Å². The summed E-state index contributed by atoms with van der Waals surface area (Å²) in [5.74, 6) is 1.20. The van der Waals surface area contributed by atoms with Crippen molar-refractivity contribution in [2.75, 3.05) is 5.32 Å². The van der Waals surface area contributed by atoms with Gasteiger partial charge in [0, 0.05) is 22.9 Å². The third-order valence-corrected chi connectivity index (χ3v) is 5.06. The van der Waals surface area contributed by atoms with Crippen molar-refractivity contribution in [3.8, 4) is 11.4 Å². The number of para-hydroxylation sites is 1. The van der Waals surface area contributed by atoms with Gasteiger partial charge in [-0.05, 0) is 18.2 Å². The number of aromatic nitrogens is 4. The van der Waals surface area contributed by atoms with Crippen molar-refractivity contribution in [2.45, 2.75) is 19.1 Å². The van der Waals surface area contributed by atoms with Crippen molar-refractivity contribution in [2.24, 2.45) is 10.7 Å². The Morgan fingerprint density at radius 3 is 2.58 bits per heavy atom. The highest BCUT2D eigenvalue weighted by molar-refractivity contribution is 5.91. The molecule has 31 heavy (non-hydrogen) atoms. The molecule has 0 unspecified atom stereocenters. The van der Waals surface area contributed by atoms with Gasteiger partial charge in [-0.2, -0.15) is 18.3 Å². The number of rotatable bonds is 3. The number of hydrogen-bond acceptors (Lipinski definition) is 6. The molecule has 7 nitrogen and oxygen atoms in total. The van der Waals surface area contributed by atoms with Crippen LogP contribution in [0.2, 0.25) is 0 Å². The van der Waals surface area contributed by atoms with Crippen LogP contribution in [-0.2, 0) is 19.1 Å². The topological polar surface area (TPSA) is 105 Å². The lowest BCUT2D eigenvalue weighted by Crippen LogP contribution is -2.23. The maximum Gasteiger partial charge on any atom is 0.417 e. The number of nitrogens with two attached hydrogens (primary N) is 1. The zero-order valence-corrected chi connectivity index (χ0v) is 16.0. The maximum atomic E-state index is 13.6. The summed E-state index contributed by atoms with van der Waals surface area (Å²) >= 11 is 0. The van der Waals surface area contributed by atoms with Crippen LogP contribution in [0.3, 0.4) is 0 Å². The van der Waals surface area contributed by atoms with E-state index in [0.29, 0.717) is 28.7 Å². The minimum absolute atomic E-state index is 0.0382. The number of fused-ring (bicyclic) bond motifs is 2. The Labute approximate surface area is 174 Å². The van der Waals surface area contributed by atoms with Gasteiger partial charge in [-0.3, -0.25) is 10.1 Å². The molecule has 3 heterocycles. The van der Waals surface area contributed by atoms with Gasteiger partial charge >= 0.3 is 6.18 Å². The lowest BCUT2D eigenvalue weighted by molar-refractivity contribution is -0.137. The molecule has 1 aliphatic rings. The minimum Gasteiger partial charge on any atom is -0.387 e. The van der Waals surface area contributed by atoms with Gasteiger partial charge in [-0.1, -0.05) is 30.3 Å². The molecule has 1 aliphatic heterocycles. The van der Waals surface area contributed by atoms with Crippen molar-refractivity contribution in [1.82, 2.24) is 20.2 Å². The van der Waals surface area contributed by atoms with Crippen LogP contribution in [0.5, 0.6) is 0 Å². The van der Waals surface area contributed by atoms with E-state index < -0.39 is 11.7 Å². The summed E-state index contributed by atoms with van der Waals surface area (Å²) in [7, 11) is 0. The maximum absolute atomic E-state index is 13.6. The zero-order chi connectivity index (χ0) is 21.6. The number of aromatic amines is 1. The minimum atomic E-state index is -4.54. The second kappa shape index (κ2) is 7.08. The van der Waals surface area contributed by atoms with Gasteiger partial charge in [0.2, 0.25) is 0 Å². The van der Waals surface area contributed by atoms with Crippen molar-refractivity contribution in [1.29, 1.82) is 0 Å². The van der Waals surface area contributed by atoms with Crippen molar-refractivity contribution in [3.05, 3.63) is 65.4 Å². The van der Waals surface area contributed by atoms with Crippen LogP contribution in [-0.4, -0.2) is 26.0 Å². The summed E-state index contributed by atoms with van der Waals surface area (Å²) in [4.78, 5) is 13.1. The van der Waals surface area contributed by atoms with Crippen LogP contribution in [0.25, 0.3) is 22.3 Å². The van der Waals surface area contributed by atoms with Crippen molar-refractivity contribution in [3.63, 3.8) is 0 Å². The number of nitrogens with zero attached hydrogens (tertiary/aromatic N) is 4. The van der Waals surface area contributed by atoms with E-state index in [0.717, 1.165) is 17.0 Å². The van der Waals surface area contributed by atoms with Crippen molar-refractivity contribution < 1.29 is 13.2 Å². The van der Waals surface area contributed by atoms with E-state index in [-0.39, 0.29) is 24.4 Å². The Morgan fingerprint density at radius 1 is 0.968 bits per heavy atom. The number of hydrogen-bond donors (Lipinski definition) is 3. The first-order chi connectivity index (χ1) is 14.9. The Morgan fingerprint density at radius 2 is 1.74 bits per heavy atom. The van der Waals surface area contributed by atoms with E-state index in [9.17, 15) is 13.2 Å². The Bertz CT molecular complexity index is 1320. The fraction of sp³-hybridized carbons (Fsp3) is 0.143. The monoisotopic (exact) mass is 423 g/mol. The number of amidine groups is 1. The SMILES string of the molecule is NC1=NCc2c(nc(-c3ccccc3C(F)(F)F)nc2Nc2n[nH]c3ccccc23)C1. The third-order valence-electron chi connectivity index (χ3n) is 5.06. The van der Waals surface area contributed by atoms with Gasteiger partial charge in [0.05, 0.1) is 23.3 Å². The van der Waals surface area contributed by atoms with E-state index in [1.165, 1.54) is 18.2 Å². The lowest BCUT2D eigenvalue weighted by Gasteiger charge is -2.19. The highest BCUT2D eigenvalue weighted by Crippen LogP contribution is 2.37. The first-order valence-electron chi connectivity index (χ1n) is 9.45. The molecule has 5 rings (SSSR count). The molecule has 0 aliphatic carbocycles. The molecule has 2 aromatic heterocycles. The van der Waals surface area contributed by atoms with E-state index in [1.54, 1.807) is 0 Å². The van der Waals surface area contributed by atoms with Gasteiger partial charge in [0.1, 0.15) is 11.7 Å². The Kier molecular flexibility index (Phi) is 4.35. The number of aliphatic imine (C=N–C) groups is 1. The van der Waals surface area contributed by atoms with E-state index >= 15 is 0 Å². The smallest absolute Gasteiger partial charge is 0.387 e. The zero-order valence-electron chi connectivity index (χ0n) is 16.0. The summed E-state index contributed by atoms with van der Waals surface area (Å²) in [6, 6.07) is 12.7. The first-order valence-corrected chi connectivity index (χ1v) is 9.45. The fourth-order valence-corrected chi connectivity index (χ4v) is 3.57. The Balaban J connectivity index is 1.67. The summed E-state index contributed by atoms with van der Waals surface area (Å²) in [6.45, 7) is 0.229. The van der Waals surface area contributed by atoms with Crippen molar-refractivity contribution >= 4 is 28.4 Å². The molecule has 0 atom stereocenters. The average Bonchev–Trinajstić information content (AvgIpc) is 3.15. The number of H-pyrrole nitrogens is 1. The molecule has 156 valence electrons. The number of benzene rings is 2. The molecule has 2 aromatic carbocycles. The fourth-order valence-electron chi connectivity index (χ4n) is 3.57. The van der Waals surface area contributed by atoms with E-state index in [1.807, 2.05) is 24.3 Å². The van der Waals surface area contributed by atoms with E-state index in [2.05, 4.69) is 30.5 Å². The molecule has 0 spiro atoms. The molecule has 10 heteroatoms. The van der Waals surface area contributed by atoms with E-state index in [4.69, 9.17) is 5.73 Å². The molecule has 0 bridgehead atoms. The molecule has 0 radical (unpaired) electrons. The van der Waals surface area contributed by atoms with Crippen LogP contribution in [0, 0.1) is 0 Å². The van der Waals surface area contributed by atoms with Gasteiger partial charge in [-0.25, -0.2) is 9.97 Å². The molecular weight excluding hydrogens is 407 g/mol. The summed E-state index contributed by atoms with van der Waals surface area (Å²) in [6.07, 6.45) is -4.31. The molecule has 4 N–H and O–H groups in total. The average molecular weight is 423 g/mol. The molecule has 0 amide bonds. The molecular formula is C21H16F3N7. The quantitative estimate of drug-likeness (QED) is 0.458. The highest BCUT2D eigenvalue weighted by Gasteiger charge is 2.34. The van der Waals surface area contributed by atoms with Crippen LogP contribution < -0.4 is 11.1 Å².